The second kappa shape index (κ2) is 8.24. The molecule has 11 nitrogen and oxygen atoms in total. The lowest BCUT2D eigenvalue weighted by atomic mass is 9.95. The maximum absolute atomic E-state index is 12.6. The summed E-state index contributed by atoms with van der Waals surface area (Å²) in [7, 11) is -5.89. The molecule has 5 atom stereocenters. The monoisotopic (exact) mass is 422 g/mol. The minimum atomic E-state index is -3.94. The van der Waals surface area contributed by atoms with Crippen molar-refractivity contribution in [3.05, 3.63) is 0 Å². The lowest BCUT2D eigenvalue weighted by Crippen LogP contribution is -2.59. The van der Waals surface area contributed by atoms with Gasteiger partial charge in [-0.25, -0.2) is 13.6 Å². The lowest BCUT2D eigenvalue weighted by molar-refractivity contribution is -0.314. The van der Waals surface area contributed by atoms with Gasteiger partial charge in [-0.1, -0.05) is 0 Å². The largest absolute Gasteiger partial charge is 0.354 e. The summed E-state index contributed by atoms with van der Waals surface area (Å²) in [5.74, 6) is -6.59. The second-order valence-corrected chi connectivity index (χ2v) is 11.2. The molecule has 1 heterocycles. The molecule has 1 aliphatic heterocycles. The number of rotatable bonds is 8. The van der Waals surface area contributed by atoms with E-state index in [0.717, 1.165) is 6.92 Å². The van der Waals surface area contributed by atoms with Gasteiger partial charge in [-0.05, 0) is 6.42 Å². The summed E-state index contributed by atoms with van der Waals surface area (Å²) in [5.41, 5.74) is 0. The molecule has 0 bridgehead atoms. The van der Waals surface area contributed by atoms with Gasteiger partial charge < -0.3 is 30.3 Å². The van der Waals surface area contributed by atoms with Crippen LogP contribution in [0, 0.1) is 5.92 Å². The SMILES string of the molecule is CC(O)(O)NC1CC(CC(O)(O)O)S(=O)C(SCS(N)(=O)=O)C1C=O. The molecule has 25 heavy (non-hydrogen) atoms. The minimum Gasteiger partial charge on any atom is -0.354 e. The molecule has 148 valence electrons. The van der Waals surface area contributed by atoms with Crippen LogP contribution in [0.4, 0.5) is 0 Å². The first-order chi connectivity index (χ1) is 11.1. The van der Waals surface area contributed by atoms with E-state index in [2.05, 4.69) is 5.32 Å². The van der Waals surface area contributed by atoms with Gasteiger partial charge >= 0.3 is 0 Å². The number of carbonyl (C=O) groups is 1. The van der Waals surface area contributed by atoms with Crippen LogP contribution in [0.15, 0.2) is 0 Å². The first-order valence-corrected chi connectivity index (χ1v) is 11.0. The smallest absolute Gasteiger partial charge is 0.276 e. The molecule has 0 saturated carbocycles. The third kappa shape index (κ3) is 7.94. The average Bonchev–Trinajstić information content (AvgIpc) is 2.36. The molecule has 5 unspecified atom stereocenters. The van der Waals surface area contributed by atoms with Gasteiger partial charge in [0.15, 0.2) is 0 Å². The number of aliphatic hydroxyl groups is 5. The van der Waals surface area contributed by atoms with Gasteiger partial charge in [-0.15, -0.1) is 11.8 Å². The predicted octanol–water partition coefficient (Wildman–Crippen LogP) is -3.73. The van der Waals surface area contributed by atoms with Crippen LogP contribution in [0.2, 0.25) is 0 Å². The summed E-state index contributed by atoms with van der Waals surface area (Å²) in [4.78, 5) is 11.4. The van der Waals surface area contributed by atoms with Gasteiger partial charge in [0, 0.05) is 35.4 Å². The quantitative estimate of drug-likeness (QED) is 0.149. The van der Waals surface area contributed by atoms with Crippen LogP contribution < -0.4 is 10.5 Å². The molecule has 0 radical (unpaired) electrons. The summed E-state index contributed by atoms with van der Waals surface area (Å²) in [6.45, 7) is 0.982. The molecule has 0 aromatic heterocycles. The van der Waals surface area contributed by atoms with Gasteiger partial charge in [0.05, 0.1) is 10.5 Å². The Morgan fingerprint density at radius 3 is 2.28 bits per heavy atom. The van der Waals surface area contributed by atoms with E-state index in [-0.39, 0.29) is 6.42 Å². The van der Waals surface area contributed by atoms with Crippen LogP contribution in [0.3, 0.4) is 0 Å². The third-order valence-corrected chi connectivity index (χ3v) is 8.63. The Bertz CT molecular complexity index is 599. The van der Waals surface area contributed by atoms with E-state index in [1.54, 1.807) is 0 Å². The fourth-order valence-corrected chi connectivity index (χ4v) is 7.55. The predicted molar refractivity (Wildman–Crippen MR) is 89.2 cm³/mol. The van der Waals surface area contributed by atoms with Crippen LogP contribution >= 0.6 is 11.8 Å². The zero-order chi connectivity index (χ0) is 19.6. The number of aldehydes is 1. The fourth-order valence-electron chi connectivity index (χ4n) is 2.55. The van der Waals surface area contributed by atoms with Crippen molar-refractivity contribution in [3.8, 4) is 0 Å². The Morgan fingerprint density at radius 1 is 1.32 bits per heavy atom. The van der Waals surface area contributed by atoms with Crippen LogP contribution in [0.1, 0.15) is 19.8 Å². The van der Waals surface area contributed by atoms with Crippen molar-refractivity contribution in [2.45, 2.75) is 47.5 Å². The molecule has 0 aromatic carbocycles. The van der Waals surface area contributed by atoms with E-state index in [1.165, 1.54) is 0 Å². The molecule has 0 spiro atoms. The van der Waals surface area contributed by atoms with Crippen molar-refractivity contribution in [1.82, 2.24) is 5.32 Å². The summed E-state index contributed by atoms with van der Waals surface area (Å²) in [6, 6.07) is -0.972. The number of nitrogens with one attached hydrogen (secondary N) is 1. The second-order valence-electron chi connectivity index (χ2n) is 5.97. The van der Waals surface area contributed by atoms with Crippen molar-refractivity contribution in [2.24, 2.45) is 11.1 Å². The number of carbonyl (C=O) groups excluding carboxylic acids is 1. The highest BCUT2D eigenvalue weighted by Gasteiger charge is 2.47. The molecule has 8 N–H and O–H groups in total. The standard InChI is InChI=1S/C11H22N2O9S3/c1-10(15,16)13-8-2-6(3-11(17,18)19)24(20)9(7(8)4-14)23-5-25(12,21)22/h4,6-9,13,15-19H,2-3,5H2,1H3,(H2,12,21,22). The lowest BCUT2D eigenvalue weighted by Gasteiger charge is -2.41. The van der Waals surface area contributed by atoms with Crippen molar-refractivity contribution in [3.63, 3.8) is 0 Å². The van der Waals surface area contributed by atoms with Crippen molar-refractivity contribution in [2.75, 3.05) is 5.08 Å². The van der Waals surface area contributed by atoms with Gasteiger partial charge in [0.1, 0.15) is 11.4 Å². The van der Waals surface area contributed by atoms with E-state index in [0.29, 0.717) is 18.0 Å². The Kier molecular flexibility index (Phi) is 7.55. The molecule has 1 aliphatic rings. The zero-order valence-corrected chi connectivity index (χ0v) is 15.6. The van der Waals surface area contributed by atoms with Gasteiger partial charge in [0.25, 0.3) is 5.97 Å². The number of thioether (sulfide) groups is 1. The number of hydrogen-bond acceptors (Lipinski definition) is 11. The third-order valence-electron chi connectivity index (χ3n) is 3.37. The van der Waals surface area contributed by atoms with Crippen LogP contribution in [-0.4, -0.2) is 77.3 Å². The van der Waals surface area contributed by atoms with E-state index in [9.17, 15) is 27.6 Å². The van der Waals surface area contributed by atoms with Crippen molar-refractivity contribution < 1.29 is 43.0 Å². The first-order valence-electron chi connectivity index (χ1n) is 6.99. The van der Waals surface area contributed by atoms with Gasteiger partial charge in [-0.2, -0.15) is 0 Å². The maximum Gasteiger partial charge on any atom is 0.276 e. The first kappa shape index (κ1) is 22.9. The molecule has 14 heteroatoms. The van der Waals surface area contributed by atoms with Crippen LogP contribution in [0.25, 0.3) is 0 Å². The molecule has 1 rings (SSSR count). The van der Waals surface area contributed by atoms with E-state index in [1.807, 2.05) is 0 Å². The average molecular weight is 423 g/mol. The molecule has 1 saturated heterocycles. The molecule has 0 amide bonds. The Morgan fingerprint density at radius 2 is 1.88 bits per heavy atom. The minimum absolute atomic E-state index is 0.164. The normalized spacial score (nSPS) is 31.7. The topological polar surface area (TPSA) is 207 Å². The molecule has 1 fully saturated rings. The van der Waals surface area contributed by atoms with Crippen LogP contribution in [0.5, 0.6) is 0 Å². The molecular formula is C11H22N2O9S3. The van der Waals surface area contributed by atoms with Crippen molar-refractivity contribution in [1.29, 1.82) is 0 Å². The Labute approximate surface area is 151 Å². The molecule has 0 aliphatic carbocycles. The van der Waals surface area contributed by atoms with E-state index >= 15 is 0 Å². The summed E-state index contributed by atoms with van der Waals surface area (Å²) < 4.78 is 33.8. The molecule has 0 aromatic rings. The number of sulfonamides is 1. The highest BCUT2D eigenvalue weighted by atomic mass is 32.3. The summed E-state index contributed by atoms with van der Waals surface area (Å²) >= 11 is 0.612. The highest BCUT2D eigenvalue weighted by molar-refractivity contribution is 8.18. The van der Waals surface area contributed by atoms with E-state index in [4.69, 9.17) is 20.5 Å². The zero-order valence-electron chi connectivity index (χ0n) is 13.2. The Balaban J connectivity index is 3.13. The van der Waals surface area contributed by atoms with Gasteiger partial charge in [-0.3, -0.25) is 9.53 Å². The van der Waals surface area contributed by atoms with Gasteiger partial charge in [0.2, 0.25) is 15.9 Å². The maximum atomic E-state index is 12.6. The number of nitrogens with two attached hydrogens (primary N) is 1. The summed E-state index contributed by atoms with van der Waals surface area (Å²) in [6.07, 6.45) is -0.506. The fraction of sp³-hybridized carbons (Fsp3) is 0.909. The Hall–Kier alpha value is -0.160. The highest BCUT2D eigenvalue weighted by Crippen LogP contribution is 2.37. The number of hydrogen-bond donors (Lipinski definition) is 7. The number of primary sulfonamides is 1. The van der Waals surface area contributed by atoms with Crippen molar-refractivity contribution >= 4 is 38.9 Å². The van der Waals surface area contributed by atoms with E-state index < -0.39 is 66.0 Å². The van der Waals surface area contributed by atoms with Crippen LogP contribution in [-0.2, 0) is 25.6 Å². The summed E-state index contributed by atoms with van der Waals surface area (Å²) in [5, 5.41) is 51.9. The molecular weight excluding hydrogens is 400 g/mol.